The molecule has 4 nitrogen and oxygen atoms in total. The fraction of sp³-hybridized carbons (Fsp3) is 0.240. The SMILES string of the molecule is COc1ccc(-c2cncc(-c3cn(CCCN(C)C)c4ccccc34)c2)cc1. The van der Waals surface area contributed by atoms with Crippen LogP contribution in [0.4, 0.5) is 0 Å². The normalized spacial score (nSPS) is 11.3. The van der Waals surface area contributed by atoms with E-state index in [0.717, 1.165) is 42.0 Å². The second kappa shape index (κ2) is 8.50. The van der Waals surface area contributed by atoms with Crippen LogP contribution in [0.5, 0.6) is 5.75 Å². The second-order valence-electron chi connectivity index (χ2n) is 7.60. The van der Waals surface area contributed by atoms with Crippen molar-refractivity contribution in [3.63, 3.8) is 0 Å². The number of hydrogen-bond acceptors (Lipinski definition) is 3. The molecule has 0 atom stereocenters. The Balaban J connectivity index is 1.71. The van der Waals surface area contributed by atoms with E-state index < -0.39 is 0 Å². The predicted octanol–water partition coefficient (Wildman–Crippen LogP) is 5.33. The van der Waals surface area contributed by atoms with Crippen molar-refractivity contribution in [3.05, 3.63) is 73.2 Å². The van der Waals surface area contributed by atoms with Crippen LogP contribution in [0.2, 0.25) is 0 Å². The summed E-state index contributed by atoms with van der Waals surface area (Å²) in [5, 5.41) is 1.27. The molecular weight excluding hydrogens is 358 g/mol. The molecule has 4 aromatic rings. The molecule has 0 fully saturated rings. The average Bonchev–Trinajstić information content (AvgIpc) is 3.12. The smallest absolute Gasteiger partial charge is 0.118 e. The van der Waals surface area contributed by atoms with Gasteiger partial charge in [-0.25, -0.2) is 0 Å². The topological polar surface area (TPSA) is 30.3 Å². The van der Waals surface area contributed by atoms with E-state index in [4.69, 9.17) is 4.74 Å². The van der Waals surface area contributed by atoms with Crippen LogP contribution in [0.15, 0.2) is 73.2 Å². The van der Waals surface area contributed by atoms with Gasteiger partial charge in [-0.1, -0.05) is 30.3 Å². The van der Waals surface area contributed by atoms with Gasteiger partial charge in [0, 0.05) is 52.7 Å². The van der Waals surface area contributed by atoms with Crippen molar-refractivity contribution in [2.75, 3.05) is 27.7 Å². The Kier molecular flexibility index (Phi) is 5.63. The zero-order chi connectivity index (χ0) is 20.2. The Bertz CT molecular complexity index is 1100. The van der Waals surface area contributed by atoms with Crippen LogP contribution < -0.4 is 4.74 Å². The number of benzene rings is 2. The first-order valence-electron chi connectivity index (χ1n) is 9.98. The molecule has 0 radical (unpaired) electrons. The maximum Gasteiger partial charge on any atom is 0.118 e. The maximum absolute atomic E-state index is 5.27. The molecule has 0 unspecified atom stereocenters. The highest BCUT2D eigenvalue weighted by atomic mass is 16.5. The zero-order valence-corrected chi connectivity index (χ0v) is 17.3. The maximum atomic E-state index is 5.27. The van der Waals surface area contributed by atoms with E-state index in [-0.39, 0.29) is 0 Å². The Labute approximate surface area is 172 Å². The molecule has 0 N–H and O–H groups in total. The molecule has 2 aromatic carbocycles. The average molecular weight is 386 g/mol. The minimum Gasteiger partial charge on any atom is -0.497 e. The predicted molar refractivity (Wildman–Crippen MR) is 120 cm³/mol. The summed E-state index contributed by atoms with van der Waals surface area (Å²) in [5.74, 6) is 0.860. The lowest BCUT2D eigenvalue weighted by molar-refractivity contribution is 0.388. The molecule has 0 saturated heterocycles. The van der Waals surface area contributed by atoms with E-state index in [1.54, 1.807) is 7.11 Å². The van der Waals surface area contributed by atoms with Crippen molar-refractivity contribution < 1.29 is 4.74 Å². The quantitative estimate of drug-likeness (QED) is 0.431. The lowest BCUT2D eigenvalue weighted by atomic mass is 10.0. The molecule has 4 heteroatoms. The standard InChI is InChI=1S/C25H27N3O/c1-27(2)13-6-14-28-18-24(23-7-4-5-8-25(23)28)21-15-20(16-26-17-21)19-9-11-22(29-3)12-10-19/h4-5,7-12,15-18H,6,13-14H2,1-3H3. The highest BCUT2D eigenvalue weighted by molar-refractivity contribution is 5.96. The molecular formula is C25H27N3O. The summed E-state index contributed by atoms with van der Waals surface area (Å²) in [6.07, 6.45) is 7.27. The molecule has 0 amide bonds. The monoisotopic (exact) mass is 385 g/mol. The van der Waals surface area contributed by atoms with Gasteiger partial charge >= 0.3 is 0 Å². The number of methoxy groups -OCH3 is 1. The van der Waals surface area contributed by atoms with Crippen LogP contribution in [0.3, 0.4) is 0 Å². The molecule has 0 aliphatic rings. The van der Waals surface area contributed by atoms with Gasteiger partial charge in [-0.05, 0) is 56.9 Å². The number of ether oxygens (including phenoxy) is 1. The number of rotatable bonds is 7. The second-order valence-corrected chi connectivity index (χ2v) is 7.60. The molecule has 2 aromatic heterocycles. The van der Waals surface area contributed by atoms with Crippen molar-refractivity contribution >= 4 is 10.9 Å². The molecule has 2 heterocycles. The van der Waals surface area contributed by atoms with Gasteiger partial charge in [0.1, 0.15) is 5.75 Å². The highest BCUT2D eigenvalue weighted by Crippen LogP contribution is 2.33. The largest absolute Gasteiger partial charge is 0.497 e. The number of aryl methyl sites for hydroxylation is 1. The molecule has 0 saturated carbocycles. The van der Waals surface area contributed by atoms with Crippen molar-refractivity contribution in [1.82, 2.24) is 14.5 Å². The van der Waals surface area contributed by atoms with E-state index >= 15 is 0 Å². The third-order valence-electron chi connectivity index (χ3n) is 5.27. The summed E-state index contributed by atoms with van der Waals surface area (Å²) in [6.45, 7) is 2.08. The first-order chi connectivity index (χ1) is 14.2. The van der Waals surface area contributed by atoms with Gasteiger partial charge < -0.3 is 14.2 Å². The molecule has 0 spiro atoms. The third-order valence-corrected chi connectivity index (χ3v) is 5.27. The molecule has 0 aliphatic carbocycles. The number of hydrogen-bond donors (Lipinski definition) is 0. The Morgan fingerprint density at radius 1 is 0.931 bits per heavy atom. The van der Waals surface area contributed by atoms with Crippen molar-refractivity contribution in [1.29, 1.82) is 0 Å². The number of fused-ring (bicyclic) bond motifs is 1. The van der Waals surface area contributed by atoms with E-state index in [9.17, 15) is 0 Å². The van der Waals surface area contributed by atoms with E-state index in [2.05, 4.69) is 77.2 Å². The number of para-hydroxylation sites is 1. The molecule has 4 rings (SSSR count). The molecule has 29 heavy (non-hydrogen) atoms. The summed E-state index contributed by atoms with van der Waals surface area (Å²) < 4.78 is 7.64. The summed E-state index contributed by atoms with van der Waals surface area (Å²) in [4.78, 5) is 6.77. The third kappa shape index (κ3) is 4.17. The van der Waals surface area contributed by atoms with E-state index in [0.29, 0.717) is 0 Å². The fourth-order valence-electron chi connectivity index (χ4n) is 3.75. The van der Waals surface area contributed by atoms with Gasteiger partial charge in [-0.3, -0.25) is 4.98 Å². The summed E-state index contributed by atoms with van der Waals surface area (Å²) in [6, 6.07) is 19.0. The molecule has 0 bridgehead atoms. The Hall–Kier alpha value is -3.11. The van der Waals surface area contributed by atoms with Crippen LogP contribution in [0.1, 0.15) is 6.42 Å². The minimum absolute atomic E-state index is 0.860. The van der Waals surface area contributed by atoms with Crippen LogP contribution in [0.25, 0.3) is 33.2 Å². The molecule has 148 valence electrons. The van der Waals surface area contributed by atoms with E-state index in [1.807, 2.05) is 24.5 Å². The van der Waals surface area contributed by atoms with Crippen LogP contribution in [-0.4, -0.2) is 42.2 Å². The highest BCUT2D eigenvalue weighted by Gasteiger charge is 2.11. The van der Waals surface area contributed by atoms with Gasteiger partial charge in [0.05, 0.1) is 7.11 Å². The van der Waals surface area contributed by atoms with Crippen molar-refractivity contribution in [2.45, 2.75) is 13.0 Å². The number of pyridine rings is 1. The van der Waals surface area contributed by atoms with Gasteiger partial charge in [0.25, 0.3) is 0 Å². The fourth-order valence-corrected chi connectivity index (χ4v) is 3.75. The Morgan fingerprint density at radius 3 is 2.45 bits per heavy atom. The summed E-state index contributed by atoms with van der Waals surface area (Å²) in [5.41, 5.74) is 5.88. The van der Waals surface area contributed by atoms with Crippen LogP contribution in [-0.2, 0) is 6.54 Å². The lowest BCUT2D eigenvalue weighted by Crippen LogP contribution is -2.14. The van der Waals surface area contributed by atoms with Crippen molar-refractivity contribution in [2.24, 2.45) is 0 Å². The first kappa shape index (κ1) is 19.2. The summed E-state index contributed by atoms with van der Waals surface area (Å²) in [7, 11) is 5.93. The Morgan fingerprint density at radius 2 is 1.69 bits per heavy atom. The number of nitrogens with zero attached hydrogens (tertiary/aromatic N) is 3. The first-order valence-corrected chi connectivity index (χ1v) is 9.98. The van der Waals surface area contributed by atoms with Gasteiger partial charge in [0.2, 0.25) is 0 Å². The molecule has 0 aliphatic heterocycles. The van der Waals surface area contributed by atoms with Crippen molar-refractivity contribution in [3.8, 4) is 28.0 Å². The van der Waals surface area contributed by atoms with Gasteiger partial charge in [-0.15, -0.1) is 0 Å². The lowest BCUT2D eigenvalue weighted by Gasteiger charge is -2.10. The van der Waals surface area contributed by atoms with Gasteiger partial charge in [0.15, 0.2) is 0 Å². The minimum atomic E-state index is 0.860. The summed E-state index contributed by atoms with van der Waals surface area (Å²) >= 11 is 0. The zero-order valence-electron chi connectivity index (χ0n) is 17.3. The van der Waals surface area contributed by atoms with Crippen LogP contribution in [0, 0.1) is 0 Å². The number of aromatic nitrogens is 2. The van der Waals surface area contributed by atoms with Crippen LogP contribution >= 0.6 is 0 Å². The van der Waals surface area contributed by atoms with E-state index in [1.165, 1.54) is 16.5 Å². The van der Waals surface area contributed by atoms with Gasteiger partial charge in [-0.2, -0.15) is 0 Å².